The zero-order valence-electron chi connectivity index (χ0n) is 9.60. The molecule has 0 radical (unpaired) electrons. The highest BCUT2D eigenvalue weighted by Gasteiger charge is 2.25. The van der Waals surface area contributed by atoms with Crippen molar-refractivity contribution in [2.45, 2.75) is 25.3 Å². The molecule has 1 heterocycles. The van der Waals surface area contributed by atoms with E-state index in [1.165, 1.54) is 5.56 Å². The van der Waals surface area contributed by atoms with Crippen LogP contribution in [-0.4, -0.2) is 35.1 Å². The molecule has 0 saturated carbocycles. The van der Waals surface area contributed by atoms with E-state index in [-0.39, 0.29) is 6.54 Å². The van der Waals surface area contributed by atoms with Crippen LogP contribution in [0.1, 0.15) is 18.4 Å². The molecule has 1 aromatic rings. The number of aliphatic carboxylic acids is 1. The van der Waals surface area contributed by atoms with E-state index in [1.54, 1.807) is 0 Å². The number of rotatable bonds is 4. The summed E-state index contributed by atoms with van der Waals surface area (Å²) in [5.41, 5.74) is 1.27. The van der Waals surface area contributed by atoms with Gasteiger partial charge in [0.25, 0.3) is 0 Å². The largest absolute Gasteiger partial charge is 0.480 e. The maximum absolute atomic E-state index is 10.8. The van der Waals surface area contributed by atoms with Crippen LogP contribution in [0.5, 0.6) is 0 Å². The van der Waals surface area contributed by atoms with Gasteiger partial charge >= 0.3 is 5.97 Å². The van der Waals surface area contributed by atoms with Crippen molar-refractivity contribution in [2.24, 2.45) is 0 Å². The predicted octanol–water partition coefficient (Wildman–Crippen LogP) is 2.54. The number of benzene rings is 1. The van der Waals surface area contributed by atoms with Gasteiger partial charge in [0.2, 0.25) is 0 Å². The Hall–Kier alpha value is -0.870. The maximum Gasteiger partial charge on any atom is 0.317 e. The molecule has 0 unspecified atom stereocenters. The van der Waals surface area contributed by atoms with Crippen LogP contribution >= 0.6 is 15.9 Å². The van der Waals surface area contributed by atoms with Crippen LogP contribution in [0, 0.1) is 0 Å². The molecule has 4 heteroatoms. The highest BCUT2D eigenvalue weighted by Crippen LogP contribution is 2.21. The fourth-order valence-corrected chi connectivity index (χ4v) is 2.67. The van der Waals surface area contributed by atoms with Gasteiger partial charge in [-0.1, -0.05) is 28.1 Å². The Morgan fingerprint density at radius 2 is 2.12 bits per heavy atom. The molecule has 1 fully saturated rings. The van der Waals surface area contributed by atoms with Crippen molar-refractivity contribution in [3.8, 4) is 0 Å². The quantitative estimate of drug-likeness (QED) is 0.928. The third kappa shape index (κ3) is 3.54. The lowest BCUT2D eigenvalue weighted by Crippen LogP contribution is -2.35. The third-order valence-electron chi connectivity index (χ3n) is 3.22. The van der Waals surface area contributed by atoms with Gasteiger partial charge in [-0.25, -0.2) is 0 Å². The van der Waals surface area contributed by atoms with Crippen molar-refractivity contribution in [3.05, 3.63) is 34.3 Å². The summed E-state index contributed by atoms with van der Waals surface area (Å²) in [5, 5.41) is 8.85. The predicted molar refractivity (Wildman–Crippen MR) is 70.1 cm³/mol. The number of carboxylic acid groups (broad SMARTS) is 1. The first-order chi connectivity index (χ1) is 8.15. The standard InChI is InChI=1S/C13H16BrNO2/c14-11-5-3-10(4-6-11)8-12-2-1-7-15(12)9-13(16)17/h3-6,12H,1-2,7-9H2,(H,16,17)/t12-/m0/s1. The molecule has 1 aliphatic rings. The van der Waals surface area contributed by atoms with E-state index in [0.29, 0.717) is 6.04 Å². The highest BCUT2D eigenvalue weighted by atomic mass is 79.9. The molecule has 92 valence electrons. The molecule has 1 saturated heterocycles. The zero-order chi connectivity index (χ0) is 12.3. The number of carbonyl (C=O) groups is 1. The first-order valence-electron chi connectivity index (χ1n) is 5.85. The summed E-state index contributed by atoms with van der Waals surface area (Å²) in [6, 6.07) is 8.65. The average Bonchev–Trinajstić information content (AvgIpc) is 2.68. The molecule has 3 nitrogen and oxygen atoms in total. The van der Waals surface area contributed by atoms with Gasteiger partial charge in [0, 0.05) is 10.5 Å². The molecule has 1 atom stereocenters. The van der Waals surface area contributed by atoms with Gasteiger partial charge in [-0.3, -0.25) is 9.69 Å². The van der Waals surface area contributed by atoms with E-state index in [9.17, 15) is 4.79 Å². The number of hydrogen-bond donors (Lipinski definition) is 1. The lowest BCUT2D eigenvalue weighted by molar-refractivity contribution is -0.138. The molecule has 0 aliphatic carbocycles. The number of hydrogen-bond acceptors (Lipinski definition) is 2. The summed E-state index contributed by atoms with van der Waals surface area (Å²) in [6.07, 6.45) is 3.15. The summed E-state index contributed by atoms with van der Waals surface area (Å²) < 4.78 is 1.08. The minimum atomic E-state index is -0.729. The second kappa shape index (κ2) is 5.65. The Labute approximate surface area is 110 Å². The van der Waals surface area contributed by atoms with E-state index < -0.39 is 5.97 Å². The van der Waals surface area contributed by atoms with E-state index in [4.69, 9.17) is 5.11 Å². The molecule has 1 N–H and O–H groups in total. The smallest absolute Gasteiger partial charge is 0.317 e. The summed E-state index contributed by atoms with van der Waals surface area (Å²) in [7, 11) is 0. The Kier molecular flexibility index (Phi) is 4.18. The lowest BCUT2D eigenvalue weighted by Gasteiger charge is -2.22. The number of carboxylic acids is 1. The van der Waals surface area contributed by atoms with Crippen molar-refractivity contribution in [2.75, 3.05) is 13.1 Å². The molecule has 2 rings (SSSR count). The van der Waals surface area contributed by atoms with Crippen molar-refractivity contribution in [3.63, 3.8) is 0 Å². The van der Waals surface area contributed by atoms with Gasteiger partial charge in [-0.15, -0.1) is 0 Å². The van der Waals surface area contributed by atoms with Gasteiger partial charge in [-0.2, -0.15) is 0 Å². The fourth-order valence-electron chi connectivity index (χ4n) is 2.40. The second-order valence-corrected chi connectivity index (χ2v) is 5.41. The normalized spacial score (nSPS) is 20.6. The second-order valence-electron chi connectivity index (χ2n) is 4.49. The molecule has 0 bridgehead atoms. The maximum atomic E-state index is 10.8. The Morgan fingerprint density at radius 1 is 1.41 bits per heavy atom. The third-order valence-corrected chi connectivity index (χ3v) is 3.75. The van der Waals surface area contributed by atoms with Crippen LogP contribution in [0.15, 0.2) is 28.7 Å². The number of halogens is 1. The molecule has 0 aromatic heterocycles. The van der Waals surface area contributed by atoms with Crippen molar-refractivity contribution >= 4 is 21.9 Å². The molecule has 1 aromatic carbocycles. The van der Waals surface area contributed by atoms with Crippen LogP contribution in [0.3, 0.4) is 0 Å². The van der Waals surface area contributed by atoms with Crippen LogP contribution in [0.25, 0.3) is 0 Å². The molecule has 1 aliphatic heterocycles. The number of nitrogens with zero attached hydrogens (tertiary/aromatic N) is 1. The Balaban J connectivity index is 1.97. The van der Waals surface area contributed by atoms with Crippen molar-refractivity contribution in [1.29, 1.82) is 0 Å². The Morgan fingerprint density at radius 3 is 2.76 bits per heavy atom. The van der Waals surface area contributed by atoms with E-state index in [1.807, 2.05) is 12.1 Å². The summed E-state index contributed by atoms with van der Waals surface area (Å²) >= 11 is 3.41. The minimum absolute atomic E-state index is 0.168. The topological polar surface area (TPSA) is 40.5 Å². The van der Waals surface area contributed by atoms with Crippen molar-refractivity contribution < 1.29 is 9.90 Å². The molecule has 17 heavy (non-hydrogen) atoms. The molecular weight excluding hydrogens is 282 g/mol. The van der Waals surface area contributed by atoms with Crippen molar-refractivity contribution in [1.82, 2.24) is 4.90 Å². The van der Waals surface area contributed by atoms with Crippen LogP contribution in [0.2, 0.25) is 0 Å². The fraction of sp³-hybridized carbons (Fsp3) is 0.462. The van der Waals surface area contributed by atoms with Crippen LogP contribution in [0.4, 0.5) is 0 Å². The van der Waals surface area contributed by atoms with Gasteiger partial charge in [0.05, 0.1) is 6.54 Å². The zero-order valence-corrected chi connectivity index (χ0v) is 11.2. The summed E-state index contributed by atoms with van der Waals surface area (Å²) in [4.78, 5) is 12.8. The van der Waals surface area contributed by atoms with Crippen LogP contribution in [-0.2, 0) is 11.2 Å². The van der Waals surface area contributed by atoms with Crippen LogP contribution < -0.4 is 0 Å². The molecular formula is C13H16BrNO2. The summed E-state index contributed by atoms with van der Waals surface area (Å²) in [5.74, 6) is -0.729. The van der Waals surface area contributed by atoms with E-state index in [2.05, 4.69) is 33.0 Å². The van der Waals surface area contributed by atoms with Gasteiger partial charge in [0.1, 0.15) is 0 Å². The van der Waals surface area contributed by atoms with Gasteiger partial charge < -0.3 is 5.11 Å². The average molecular weight is 298 g/mol. The van der Waals surface area contributed by atoms with Gasteiger partial charge in [-0.05, 0) is 43.5 Å². The first kappa shape index (κ1) is 12.6. The molecule has 0 spiro atoms. The SMILES string of the molecule is O=C(O)CN1CCC[C@H]1Cc1ccc(Br)cc1. The molecule has 0 amide bonds. The summed E-state index contributed by atoms with van der Waals surface area (Å²) in [6.45, 7) is 1.08. The number of likely N-dealkylation sites (tertiary alicyclic amines) is 1. The first-order valence-corrected chi connectivity index (χ1v) is 6.65. The Bertz CT molecular complexity index is 391. The minimum Gasteiger partial charge on any atom is -0.480 e. The monoisotopic (exact) mass is 297 g/mol. The lowest BCUT2D eigenvalue weighted by atomic mass is 10.0. The van der Waals surface area contributed by atoms with Gasteiger partial charge in [0.15, 0.2) is 0 Å². The van der Waals surface area contributed by atoms with E-state index in [0.717, 1.165) is 30.3 Å². The van der Waals surface area contributed by atoms with E-state index >= 15 is 0 Å². The highest BCUT2D eigenvalue weighted by molar-refractivity contribution is 9.10.